The topological polar surface area (TPSA) is 182 Å². The molecule has 0 aliphatic rings. The van der Waals surface area contributed by atoms with Crippen LogP contribution in [0.5, 0.6) is 23.0 Å². The first-order chi connectivity index (χ1) is 20.4. The SMILES string of the molecule is CN=Cc1cc(Oc2ccc(NC)c(N)c2)ccn1.CN=Cc1cc(Oc2ccc(NC)c([N+](=O)[O-])c2)ccn1.CO. The van der Waals surface area contributed by atoms with Crippen LogP contribution in [0, 0.1) is 10.1 Å². The zero-order valence-electron chi connectivity index (χ0n) is 24.0. The summed E-state index contributed by atoms with van der Waals surface area (Å²) in [6.45, 7) is 0. The van der Waals surface area contributed by atoms with Crippen LogP contribution < -0.4 is 25.8 Å². The van der Waals surface area contributed by atoms with E-state index >= 15 is 0 Å². The van der Waals surface area contributed by atoms with Gasteiger partial charge in [-0.25, -0.2) is 0 Å². The Hall–Kier alpha value is -5.56. The molecule has 220 valence electrons. The maximum absolute atomic E-state index is 11.0. The van der Waals surface area contributed by atoms with Gasteiger partial charge in [0.15, 0.2) is 0 Å². The summed E-state index contributed by atoms with van der Waals surface area (Å²) in [5.41, 5.74) is 9.19. The summed E-state index contributed by atoms with van der Waals surface area (Å²) in [5, 5.41) is 23.8. The van der Waals surface area contributed by atoms with Gasteiger partial charge in [0.2, 0.25) is 0 Å². The smallest absolute Gasteiger partial charge is 0.296 e. The number of aromatic nitrogens is 2. The number of nitro groups is 1. The molecule has 0 unspecified atom stereocenters. The Labute approximate surface area is 244 Å². The number of ether oxygens (including phenoxy) is 2. The van der Waals surface area contributed by atoms with Crippen molar-refractivity contribution < 1.29 is 19.5 Å². The molecular weight excluding hydrogens is 540 g/mol. The summed E-state index contributed by atoms with van der Waals surface area (Å²) in [6, 6.07) is 17.1. The molecule has 13 heteroatoms. The maximum atomic E-state index is 11.0. The van der Waals surface area contributed by atoms with Crippen LogP contribution in [0.1, 0.15) is 11.4 Å². The standard InChI is InChI=1S/C14H14N4O3.C14H16N4O.CH4O/c1-15-9-10-7-12(5-6-17-10)21-11-3-4-13(16-2)14(8-11)18(19)20;1-16-9-10-7-12(5-6-18-10)19-11-3-4-14(17-2)13(15)8-11;1-2/h3-9,16H,1-2H3;3-9,17H,15H2,1-2H3;2H,1H3. The highest BCUT2D eigenvalue weighted by Gasteiger charge is 2.14. The predicted octanol–water partition coefficient (Wildman–Crippen LogP) is 5.03. The lowest BCUT2D eigenvalue weighted by atomic mass is 10.2. The summed E-state index contributed by atoms with van der Waals surface area (Å²) in [6.07, 6.45) is 6.53. The fraction of sp³-hybridized carbons (Fsp3) is 0.172. The molecule has 0 spiro atoms. The first-order valence-corrected chi connectivity index (χ1v) is 12.5. The number of hydrogen-bond donors (Lipinski definition) is 4. The monoisotopic (exact) mass is 574 g/mol. The van der Waals surface area contributed by atoms with Crippen LogP contribution in [0.3, 0.4) is 0 Å². The lowest BCUT2D eigenvalue weighted by Gasteiger charge is -2.09. The molecule has 2 heterocycles. The number of nitrogens with two attached hydrogens (primary N) is 1. The van der Waals surface area contributed by atoms with Gasteiger partial charge in [-0.15, -0.1) is 0 Å². The van der Waals surface area contributed by atoms with Crippen LogP contribution in [0.2, 0.25) is 0 Å². The summed E-state index contributed by atoms with van der Waals surface area (Å²) >= 11 is 0. The van der Waals surface area contributed by atoms with Crippen LogP contribution in [-0.2, 0) is 0 Å². The van der Waals surface area contributed by atoms with Gasteiger partial charge in [0.25, 0.3) is 5.69 Å². The highest BCUT2D eigenvalue weighted by molar-refractivity contribution is 5.78. The molecule has 0 saturated carbocycles. The third-order valence-corrected chi connectivity index (χ3v) is 5.23. The van der Waals surface area contributed by atoms with E-state index in [9.17, 15) is 10.1 Å². The highest BCUT2D eigenvalue weighted by atomic mass is 16.6. The van der Waals surface area contributed by atoms with Gasteiger partial charge in [-0.1, -0.05) is 0 Å². The van der Waals surface area contributed by atoms with Crippen molar-refractivity contribution in [2.24, 2.45) is 9.98 Å². The second-order valence-electron chi connectivity index (χ2n) is 8.00. The third kappa shape index (κ3) is 9.88. The highest BCUT2D eigenvalue weighted by Crippen LogP contribution is 2.31. The Kier molecular flexibility index (Phi) is 13.4. The molecule has 42 heavy (non-hydrogen) atoms. The van der Waals surface area contributed by atoms with Crippen molar-refractivity contribution in [3.8, 4) is 23.0 Å². The molecule has 4 rings (SSSR count). The number of aliphatic imine (C=N–C) groups is 2. The van der Waals surface area contributed by atoms with Crippen molar-refractivity contribution in [3.05, 3.63) is 94.6 Å². The number of aliphatic hydroxyl groups is 1. The van der Waals surface area contributed by atoms with Crippen LogP contribution in [0.25, 0.3) is 0 Å². The third-order valence-electron chi connectivity index (χ3n) is 5.23. The van der Waals surface area contributed by atoms with Gasteiger partial charge in [-0.3, -0.25) is 30.1 Å². The number of nitrogens with zero attached hydrogens (tertiary/aromatic N) is 5. The molecule has 2 aromatic carbocycles. The fourth-order valence-corrected chi connectivity index (χ4v) is 3.43. The van der Waals surface area contributed by atoms with Crippen molar-refractivity contribution in [1.82, 2.24) is 9.97 Å². The molecule has 0 bridgehead atoms. The van der Waals surface area contributed by atoms with Crippen molar-refractivity contribution >= 4 is 35.2 Å². The second kappa shape index (κ2) is 17.2. The second-order valence-corrected chi connectivity index (χ2v) is 8.00. The van der Waals surface area contributed by atoms with E-state index in [4.69, 9.17) is 20.3 Å². The van der Waals surface area contributed by atoms with Crippen molar-refractivity contribution in [3.63, 3.8) is 0 Å². The van der Waals surface area contributed by atoms with E-state index in [2.05, 4.69) is 30.6 Å². The quantitative estimate of drug-likeness (QED) is 0.0915. The molecule has 0 amide bonds. The van der Waals surface area contributed by atoms with Gasteiger partial charge in [-0.2, -0.15) is 0 Å². The van der Waals surface area contributed by atoms with Gasteiger partial charge in [0.05, 0.1) is 33.8 Å². The number of hydrogen-bond acceptors (Lipinski definition) is 12. The molecule has 0 fully saturated rings. The first kappa shape index (κ1) is 32.7. The maximum Gasteiger partial charge on any atom is 0.296 e. The molecule has 0 atom stereocenters. The Bertz CT molecular complexity index is 1510. The summed E-state index contributed by atoms with van der Waals surface area (Å²) in [7, 11) is 7.80. The van der Waals surface area contributed by atoms with Crippen molar-refractivity contribution in [2.45, 2.75) is 0 Å². The Morgan fingerprint density at radius 1 is 0.786 bits per heavy atom. The predicted molar refractivity (Wildman–Crippen MR) is 167 cm³/mol. The number of rotatable bonds is 9. The molecule has 0 radical (unpaired) electrons. The molecule has 2 aromatic heterocycles. The van der Waals surface area contributed by atoms with Gasteiger partial charge in [-0.05, 0) is 36.4 Å². The number of nitro benzene ring substituents is 1. The van der Waals surface area contributed by atoms with E-state index in [1.54, 1.807) is 82.4 Å². The van der Waals surface area contributed by atoms with E-state index in [1.165, 1.54) is 6.07 Å². The van der Waals surface area contributed by atoms with E-state index in [0.717, 1.165) is 18.5 Å². The molecule has 5 N–H and O–H groups in total. The Morgan fingerprint density at radius 3 is 1.67 bits per heavy atom. The Balaban J connectivity index is 0.000000278. The number of benzene rings is 2. The van der Waals surface area contributed by atoms with Gasteiger partial charge < -0.3 is 30.9 Å². The molecule has 4 aromatic rings. The zero-order valence-corrected chi connectivity index (χ0v) is 24.0. The van der Waals surface area contributed by atoms with Crippen LogP contribution >= 0.6 is 0 Å². The van der Waals surface area contributed by atoms with Gasteiger partial charge >= 0.3 is 0 Å². The van der Waals surface area contributed by atoms with Gasteiger partial charge in [0.1, 0.15) is 28.7 Å². The van der Waals surface area contributed by atoms with Crippen molar-refractivity contribution in [1.29, 1.82) is 0 Å². The fourth-order valence-electron chi connectivity index (χ4n) is 3.43. The zero-order chi connectivity index (χ0) is 30.9. The first-order valence-electron chi connectivity index (χ1n) is 12.5. The average molecular weight is 575 g/mol. The van der Waals surface area contributed by atoms with E-state index in [1.807, 2.05) is 25.2 Å². The summed E-state index contributed by atoms with van der Waals surface area (Å²) in [5.74, 6) is 2.29. The lowest BCUT2D eigenvalue weighted by Crippen LogP contribution is -1.97. The van der Waals surface area contributed by atoms with E-state index < -0.39 is 4.92 Å². The van der Waals surface area contributed by atoms with Gasteiger partial charge in [0, 0.05) is 78.3 Å². The molecule has 0 aliphatic heterocycles. The molecule has 13 nitrogen and oxygen atoms in total. The number of pyridine rings is 2. The number of nitrogen functional groups attached to an aromatic ring is 1. The molecule has 0 aliphatic carbocycles. The number of anilines is 3. The minimum Gasteiger partial charge on any atom is -0.457 e. The summed E-state index contributed by atoms with van der Waals surface area (Å²) in [4.78, 5) is 26.6. The van der Waals surface area contributed by atoms with Crippen LogP contribution in [-0.4, -0.2) is 67.7 Å². The molecular formula is C29H34N8O5. The minimum atomic E-state index is -0.458. The molecule has 0 saturated heterocycles. The van der Waals surface area contributed by atoms with Crippen LogP contribution in [0.15, 0.2) is 83.0 Å². The lowest BCUT2D eigenvalue weighted by molar-refractivity contribution is -0.384. The largest absolute Gasteiger partial charge is 0.457 e. The number of nitrogens with one attached hydrogen (secondary N) is 2. The van der Waals surface area contributed by atoms with E-state index in [-0.39, 0.29) is 5.69 Å². The Morgan fingerprint density at radius 2 is 1.24 bits per heavy atom. The van der Waals surface area contributed by atoms with Crippen LogP contribution in [0.4, 0.5) is 22.7 Å². The van der Waals surface area contributed by atoms with E-state index in [0.29, 0.717) is 40.1 Å². The summed E-state index contributed by atoms with van der Waals surface area (Å²) < 4.78 is 11.4. The number of aliphatic hydroxyl groups excluding tert-OH is 1. The normalized spacial score (nSPS) is 10.2. The minimum absolute atomic E-state index is 0.0422. The average Bonchev–Trinajstić information content (AvgIpc) is 2.99. The van der Waals surface area contributed by atoms with Crippen molar-refractivity contribution in [2.75, 3.05) is 51.7 Å².